The maximum atomic E-state index is 13.4. The van der Waals surface area contributed by atoms with E-state index in [9.17, 15) is 9.18 Å². The largest absolute Gasteiger partial charge is 0.481 e. The molecule has 1 aliphatic carbocycles. The van der Waals surface area contributed by atoms with Crippen LogP contribution in [0, 0.1) is 5.82 Å². The van der Waals surface area contributed by atoms with Gasteiger partial charge >= 0.3 is 6.01 Å². The highest BCUT2D eigenvalue weighted by molar-refractivity contribution is 5.77. The van der Waals surface area contributed by atoms with Crippen LogP contribution in [0.3, 0.4) is 0 Å². The zero-order valence-electron chi connectivity index (χ0n) is 13.7. The molecule has 1 fully saturated rings. The van der Waals surface area contributed by atoms with Gasteiger partial charge in [0.25, 0.3) is 5.91 Å². The Morgan fingerprint density at radius 1 is 1.12 bits per heavy atom. The molecule has 0 bridgehead atoms. The Kier molecular flexibility index (Phi) is 5.77. The van der Waals surface area contributed by atoms with Crippen LogP contribution >= 0.6 is 0 Å². The van der Waals surface area contributed by atoms with Crippen molar-refractivity contribution >= 4 is 5.91 Å². The van der Waals surface area contributed by atoms with Gasteiger partial charge in [0, 0.05) is 18.4 Å². The van der Waals surface area contributed by atoms with Crippen molar-refractivity contribution in [1.82, 2.24) is 15.3 Å². The van der Waals surface area contributed by atoms with E-state index in [-0.39, 0.29) is 30.4 Å². The number of amides is 1. The minimum Gasteiger partial charge on any atom is -0.481 e. The Bertz CT molecular complexity index is 691. The van der Waals surface area contributed by atoms with Gasteiger partial charge in [0.05, 0.1) is 0 Å². The van der Waals surface area contributed by atoms with Crippen LogP contribution in [-0.4, -0.2) is 34.6 Å². The maximum Gasteiger partial charge on any atom is 0.316 e. The first-order valence-electron chi connectivity index (χ1n) is 8.31. The first-order chi connectivity index (χ1) is 12.2. The van der Waals surface area contributed by atoms with Crippen molar-refractivity contribution in [1.29, 1.82) is 0 Å². The molecule has 0 unspecified atom stereocenters. The molecule has 7 heteroatoms. The standard InChI is InChI=1S/C18H20FN3O3/c19-15-4-1-2-5-16(15)24-12-17(23)22-13-6-8-14(9-7-13)25-18-20-10-3-11-21-18/h1-5,10-11,13-14H,6-9,12H2,(H,22,23). The fourth-order valence-corrected chi connectivity index (χ4v) is 2.79. The third kappa shape index (κ3) is 5.14. The number of benzene rings is 1. The molecule has 0 atom stereocenters. The van der Waals surface area contributed by atoms with Gasteiger partial charge in [-0.3, -0.25) is 4.79 Å². The zero-order chi connectivity index (χ0) is 17.5. The molecule has 1 heterocycles. The molecule has 132 valence electrons. The molecule has 0 aliphatic heterocycles. The molecule has 1 aliphatic rings. The highest BCUT2D eigenvalue weighted by Gasteiger charge is 2.24. The topological polar surface area (TPSA) is 73.3 Å². The number of hydrogen-bond acceptors (Lipinski definition) is 5. The van der Waals surface area contributed by atoms with E-state index >= 15 is 0 Å². The third-order valence-electron chi connectivity index (χ3n) is 4.05. The van der Waals surface area contributed by atoms with Crippen LogP contribution in [-0.2, 0) is 4.79 Å². The average Bonchev–Trinajstić information content (AvgIpc) is 2.64. The van der Waals surface area contributed by atoms with Crippen molar-refractivity contribution in [3.05, 3.63) is 48.5 Å². The Morgan fingerprint density at radius 2 is 1.84 bits per heavy atom. The molecule has 0 spiro atoms. The van der Waals surface area contributed by atoms with E-state index in [0.29, 0.717) is 6.01 Å². The average molecular weight is 345 g/mol. The lowest BCUT2D eigenvalue weighted by molar-refractivity contribution is -0.124. The Morgan fingerprint density at radius 3 is 2.56 bits per heavy atom. The Balaban J connectivity index is 1.38. The van der Waals surface area contributed by atoms with Crippen LogP contribution in [0.2, 0.25) is 0 Å². The van der Waals surface area contributed by atoms with Gasteiger partial charge in [0.15, 0.2) is 18.2 Å². The first kappa shape index (κ1) is 17.1. The number of nitrogens with zero attached hydrogens (tertiary/aromatic N) is 2. The summed E-state index contributed by atoms with van der Waals surface area (Å²) in [5, 5.41) is 2.92. The van der Waals surface area contributed by atoms with E-state index in [2.05, 4.69) is 15.3 Å². The molecular weight excluding hydrogens is 325 g/mol. The lowest BCUT2D eigenvalue weighted by Crippen LogP contribution is -2.41. The molecule has 1 N–H and O–H groups in total. The van der Waals surface area contributed by atoms with E-state index in [4.69, 9.17) is 9.47 Å². The summed E-state index contributed by atoms with van der Waals surface area (Å²) in [6.45, 7) is -0.199. The number of halogens is 1. The predicted octanol–water partition coefficient (Wildman–Crippen LogP) is 2.50. The van der Waals surface area contributed by atoms with Gasteiger partial charge in [0.2, 0.25) is 0 Å². The third-order valence-corrected chi connectivity index (χ3v) is 4.05. The van der Waals surface area contributed by atoms with Gasteiger partial charge in [-0.25, -0.2) is 14.4 Å². The summed E-state index contributed by atoms with van der Waals surface area (Å²) < 4.78 is 24.4. The molecule has 1 amide bonds. The van der Waals surface area contributed by atoms with E-state index in [1.54, 1.807) is 30.6 Å². The number of hydrogen-bond donors (Lipinski definition) is 1. The quantitative estimate of drug-likeness (QED) is 0.871. The first-order valence-corrected chi connectivity index (χ1v) is 8.31. The Hall–Kier alpha value is -2.70. The van der Waals surface area contributed by atoms with Gasteiger partial charge in [-0.05, 0) is 43.9 Å². The minimum absolute atomic E-state index is 0.0604. The van der Waals surface area contributed by atoms with Crippen molar-refractivity contribution in [2.75, 3.05) is 6.61 Å². The summed E-state index contributed by atoms with van der Waals surface area (Å²) in [6.07, 6.45) is 6.60. The van der Waals surface area contributed by atoms with Gasteiger partial charge in [-0.15, -0.1) is 0 Å². The number of para-hydroxylation sites is 1. The summed E-state index contributed by atoms with van der Waals surface area (Å²) >= 11 is 0. The van der Waals surface area contributed by atoms with Crippen LogP contribution in [0.25, 0.3) is 0 Å². The van der Waals surface area contributed by atoms with E-state index in [0.717, 1.165) is 25.7 Å². The second-order valence-electron chi connectivity index (χ2n) is 5.91. The molecule has 0 radical (unpaired) electrons. The molecule has 3 rings (SSSR count). The van der Waals surface area contributed by atoms with Crippen molar-refractivity contribution in [3.63, 3.8) is 0 Å². The summed E-state index contributed by atoms with van der Waals surface area (Å²) in [5.41, 5.74) is 0. The van der Waals surface area contributed by atoms with Gasteiger partial charge in [-0.2, -0.15) is 0 Å². The normalized spacial score (nSPS) is 19.9. The summed E-state index contributed by atoms with van der Waals surface area (Å²) in [7, 11) is 0. The number of ether oxygens (including phenoxy) is 2. The number of aromatic nitrogens is 2. The summed E-state index contributed by atoms with van der Waals surface area (Å²) in [4.78, 5) is 20.1. The van der Waals surface area contributed by atoms with Gasteiger partial charge in [0.1, 0.15) is 6.10 Å². The van der Waals surface area contributed by atoms with Gasteiger partial charge in [-0.1, -0.05) is 12.1 Å². The molecule has 6 nitrogen and oxygen atoms in total. The molecular formula is C18H20FN3O3. The summed E-state index contributed by atoms with van der Waals surface area (Å²) in [6, 6.07) is 8.23. The zero-order valence-corrected chi connectivity index (χ0v) is 13.7. The monoisotopic (exact) mass is 345 g/mol. The van der Waals surface area contributed by atoms with E-state index in [1.807, 2.05) is 0 Å². The van der Waals surface area contributed by atoms with Crippen LogP contribution in [0.5, 0.6) is 11.8 Å². The smallest absolute Gasteiger partial charge is 0.316 e. The van der Waals surface area contributed by atoms with Crippen LogP contribution in [0.4, 0.5) is 4.39 Å². The number of carbonyl (C=O) groups excluding carboxylic acids is 1. The van der Waals surface area contributed by atoms with Crippen LogP contribution in [0.15, 0.2) is 42.7 Å². The highest BCUT2D eigenvalue weighted by atomic mass is 19.1. The van der Waals surface area contributed by atoms with Crippen LogP contribution in [0.1, 0.15) is 25.7 Å². The maximum absolute atomic E-state index is 13.4. The van der Waals surface area contributed by atoms with Crippen molar-refractivity contribution in [2.24, 2.45) is 0 Å². The highest BCUT2D eigenvalue weighted by Crippen LogP contribution is 2.22. The summed E-state index contributed by atoms with van der Waals surface area (Å²) in [5.74, 6) is -0.646. The molecule has 1 saturated carbocycles. The van der Waals surface area contributed by atoms with Crippen molar-refractivity contribution in [2.45, 2.75) is 37.8 Å². The van der Waals surface area contributed by atoms with Gasteiger partial charge < -0.3 is 14.8 Å². The predicted molar refractivity (Wildman–Crippen MR) is 88.7 cm³/mol. The van der Waals surface area contributed by atoms with E-state index in [1.165, 1.54) is 12.1 Å². The van der Waals surface area contributed by atoms with Crippen molar-refractivity contribution in [3.8, 4) is 11.8 Å². The second-order valence-corrected chi connectivity index (χ2v) is 5.91. The molecule has 25 heavy (non-hydrogen) atoms. The molecule has 2 aromatic rings. The number of nitrogens with one attached hydrogen (secondary N) is 1. The molecule has 1 aromatic carbocycles. The number of rotatable bonds is 6. The fourth-order valence-electron chi connectivity index (χ4n) is 2.79. The Labute approximate surface area is 145 Å². The van der Waals surface area contributed by atoms with Crippen LogP contribution < -0.4 is 14.8 Å². The lowest BCUT2D eigenvalue weighted by Gasteiger charge is -2.28. The number of carbonyl (C=O) groups is 1. The van der Waals surface area contributed by atoms with Crippen molar-refractivity contribution < 1.29 is 18.7 Å². The minimum atomic E-state index is -0.476. The molecule has 0 saturated heterocycles. The second kappa shape index (κ2) is 8.41. The fraction of sp³-hybridized carbons (Fsp3) is 0.389. The molecule has 1 aromatic heterocycles. The van der Waals surface area contributed by atoms with E-state index < -0.39 is 5.82 Å². The lowest BCUT2D eigenvalue weighted by atomic mass is 9.93. The SMILES string of the molecule is O=C(COc1ccccc1F)NC1CCC(Oc2ncccn2)CC1.